The van der Waals surface area contributed by atoms with E-state index in [-0.39, 0.29) is 17.7 Å². The third kappa shape index (κ3) is 3.69. The first-order valence-electron chi connectivity index (χ1n) is 7.09. The Labute approximate surface area is 122 Å². The molecule has 1 amide bonds. The molecule has 1 fully saturated rings. The number of rotatable bonds is 4. The number of amides is 1. The van der Waals surface area contributed by atoms with Crippen LogP contribution in [0.4, 0.5) is 8.78 Å². The second-order valence-electron chi connectivity index (χ2n) is 5.33. The highest BCUT2D eigenvalue weighted by Gasteiger charge is 2.31. The number of halogens is 2. The highest BCUT2D eigenvalue weighted by atomic mass is 19.3. The number of likely N-dealkylation sites (tertiary alicyclic amines) is 1. The molecule has 1 aliphatic rings. The van der Waals surface area contributed by atoms with E-state index < -0.39 is 6.61 Å². The van der Waals surface area contributed by atoms with Crippen molar-refractivity contribution in [3.05, 3.63) is 29.8 Å². The third-order valence-corrected chi connectivity index (χ3v) is 3.92. The van der Waals surface area contributed by atoms with Crippen molar-refractivity contribution >= 4 is 5.91 Å². The normalized spacial score (nSPS) is 22.4. The van der Waals surface area contributed by atoms with Crippen molar-refractivity contribution in [3.8, 4) is 5.75 Å². The van der Waals surface area contributed by atoms with E-state index >= 15 is 0 Å². The topological polar surface area (TPSA) is 55.6 Å². The van der Waals surface area contributed by atoms with E-state index in [0.29, 0.717) is 24.6 Å². The van der Waals surface area contributed by atoms with Gasteiger partial charge in [0.2, 0.25) is 0 Å². The minimum absolute atomic E-state index is 0.00840. The maximum absolute atomic E-state index is 12.6. The van der Waals surface area contributed by atoms with Crippen LogP contribution in [0.3, 0.4) is 0 Å². The van der Waals surface area contributed by atoms with Gasteiger partial charge in [0.15, 0.2) is 0 Å². The quantitative estimate of drug-likeness (QED) is 0.929. The van der Waals surface area contributed by atoms with Crippen LogP contribution in [0.1, 0.15) is 30.1 Å². The van der Waals surface area contributed by atoms with Crippen LogP contribution >= 0.6 is 0 Å². The fourth-order valence-corrected chi connectivity index (χ4v) is 2.83. The summed E-state index contributed by atoms with van der Waals surface area (Å²) in [6.07, 6.45) is 1.97. The summed E-state index contributed by atoms with van der Waals surface area (Å²) in [5.41, 5.74) is 6.13. The van der Waals surface area contributed by atoms with Crippen LogP contribution in [-0.4, -0.2) is 36.5 Å². The summed E-state index contributed by atoms with van der Waals surface area (Å²) in [6, 6.07) is 5.89. The summed E-state index contributed by atoms with van der Waals surface area (Å²) in [5.74, 6) is 0.148. The highest BCUT2D eigenvalue weighted by Crippen LogP contribution is 2.25. The molecule has 0 bridgehead atoms. The predicted molar refractivity (Wildman–Crippen MR) is 75.4 cm³/mol. The van der Waals surface area contributed by atoms with E-state index in [0.717, 1.165) is 12.8 Å². The molecule has 0 radical (unpaired) electrons. The van der Waals surface area contributed by atoms with Crippen molar-refractivity contribution in [1.82, 2.24) is 4.90 Å². The number of piperidine rings is 1. The summed E-state index contributed by atoms with van der Waals surface area (Å²) >= 11 is 0. The summed E-state index contributed by atoms with van der Waals surface area (Å²) in [6.45, 7) is 0.223. The van der Waals surface area contributed by atoms with Gasteiger partial charge in [0.05, 0.1) is 0 Å². The molecule has 0 spiro atoms. The van der Waals surface area contributed by atoms with Gasteiger partial charge in [-0.2, -0.15) is 8.78 Å². The number of nitrogens with two attached hydrogens (primary N) is 1. The van der Waals surface area contributed by atoms with Gasteiger partial charge in [-0.05, 0) is 37.0 Å². The van der Waals surface area contributed by atoms with E-state index in [1.54, 1.807) is 11.0 Å². The smallest absolute Gasteiger partial charge is 0.387 e. The molecule has 0 saturated carbocycles. The SMILES string of the molecule is CC1CCCN(C(=O)c2cccc(OC(F)F)c2)C1CN. The van der Waals surface area contributed by atoms with Crippen LogP contribution in [0, 0.1) is 5.92 Å². The lowest BCUT2D eigenvalue weighted by atomic mass is 9.90. The number of carbonyl (C=O) groups is 1. The molecule has 1 aliphatic heterocycles. The van der Waals surface area contributed by atoms with Crippen LogP contribution in [0.2, 0.25) is 0 Å². The Morgan fingerprint density at radius 3 is 2.95 bits per heavy atom. The molecule has 0 aliphatic carbocycles. The van der Waals surface area contributed by atoms with Crippen molar-refractivity contribution < 1.29 is 18.3 Å². The maximum Gasteiger partial charge on any atom is 0.387 e. The minimum Gasteiger partial charge on any atom is -0.435 e. The Bertz CT molecular complexity index is 496. The lowest BCUT2D eigenvalue weighted by Crippen LogP contribution is -2.51. The van der Waals surface area contributed by atoms with Gasteiger partial charge in [-0.3, -0.25) is 4.79 Å². The maximum atomic E-state index is 12.6. The van der Waals surface area contributed by atoms with Crippen LogP contribution in [0.15, 0.2) is 24.3 Å². The predicted octanol–water partition coefficient (Wildman–Crippen LogP) is 2.49. The van der Waals surface area contributed by atoms with Crippen LogP contribution in [0.25, 0.3) is 0 Å². The Kier molecular flexibility index (Phi) is 5.12. The molecule has 116 valence electrons. The molecular weight excluding hydrogens is 278 g/mol. The Hall–Kier alpha value is -1.69. The molecule has 21 heavy (non-hydrogen) atoms. The highest BCUT2D eigenvalue weighted by molar-refractivity contribution is 5.95. The molecule has 1 aromatic rings. The first-order chi connectivity index (χ1) is 10.0. The van der Waals surface area contributed by atoms with Gasteiger partial charge < -0.3 is 15.4 Å². The number of alkyl halides is 2. The number of carbonyl (C=O) groups excluding carboxylic acids is 1. The number of hydrogen-bond acceptors (Lipinski definition) is 3. The number of ether oxygens (including phenoxy) is 1. The second kappa shape index (κ2) is 6.85. The van der Waals surface area contributed by atoms with Crippen molar-refractivity contribution in [2.24, 2.45) is 11.7 Å². The lowest BCUT2D eigenvalue weighted by molar-refractivity contribution is -0.0499. The summed E-state index contributed by atoms with van der Waals surface area (Å²) < 4.78 is 28.8. The Morgan fingerprint density at radius 2 is 2.29 bits per heavy atom. The van der Waals surface area contributed by atoms with Crippen LogP contribution in [0.5, 0.6) is 5.75 Å². The first-order valence-corrected chi connectivity index (χ1v) is 7.09. The minimum atomic E-state index is -2.90. The average molecular weight is 298 g/mol. The van der Waals surface area contributed by atoms with Gasteiger partial charge >= 0.3 is 6.61 Å². The van der Waals surface area contributed by atoms with Crippen LogP contribution in [-0.2, 0) is 0 Å². The van der Waals surface area contributed by atoms with E-state index in [2.05, 4.69) is 11.7 Å². The molecule has 0 aromatic heterocycles. The zero-order valence-corrected chi connectivity index (χ0v) is 12.0. The second-order valence-corrected chi connectivity index (χ2v) is 5.33. The van der Waals surface area contributed by atoms with Gasteiger partial charge in [-0.25, -0.2) is 0 Å². The lowest BCUT2D eigenvalue weighted by Gasteiger charge is -2.39. The summed E-state index contributed by atoms with van der Waals surface area (Å²) in [7, 11) is 0. The molecule has 6 heteroatoms. The van der Waals surface area contributed by atoms with E-state index in [1.165, 1.54) is 18.2 Å². The zero-order valence-electron chi connectivity index (χ0n) is 12.0. The van der Waals surface area contributed by atoms with E-state index in [1.807, 2.05) is 0 Å². The van der Waals surface area contributed by atoms with Crippen molar-refractivity contribution in [2.45, 2.75) is 32.4 Å². The largest absolute Gasteiger partial charge is 0.435 e. The van der Waals surface area contributed by atoms with Crippen molar-refractivity contribution in [3.63, 3.8) is 0 Å². The molecule has 1 heterocycles. The molecule has 2 atom stereocenters. The standard InChI is InChI=1S/C15H20F2N2O2/c1-10-4-3-7-19(13(10)9-18)14(20)11-5-2-6-12(8-11)21-15(16)17/h2,5-6,8,10,13,15H,3-4,7,9,18H2,1H3. The first kappa shape index (κ1) is 15.7. The van der Waals surface area contributed by atoms with Gasteiger partial charge in [-0.15, -0.1) is 0 Å². The number of nitrogens with zero attached hydrogens (tertiary/aromatic N) is 1. The van der Waals surface area contributed by atoms with E-state index in [9.17, 15) is 13.6 Å². The molecule has 2 N–H and O–H groups in total. The monoisotopic (exact) mass is 298 g/mol. The van der Waals surface area contributed by atoms with E-state index in [4.69, 9.17) is 5.73 Å². The molecular formula is C15H20F2N2O2. The number of hydrogen-bond donors (Lipinski definition) is 1. The van der Waals surface area contributed by atoms with Crippen molar-refractivity contribution in [1.29, 1.82) is 0 Å². The molecule has 1 aromatic carbocycles. The van der Waals surface area contributed by atoms with Crippen molar-refractivity contribution in [2.75, 3.05) is 13.1 Å². The molecule has 4 nitrogen and oxygen atoms in total. The van der Waals surface area contributed by atoms with Gasteiger partial charge in [0.25, 0.3) is 5.91 Å². The van der Waals surface area contributed by atoms with Crippen LogP contribution < -0.4 is 10.5 Å². The van der Waals surface area contributed by atoms with Gasteiger partial charge in [0, 0.05) is 24.7 Å². The third-order valence-electron chi connectivity index (χ3n) is 3.92. The average Bonchev–Trinajstić information content (AvgIpc) is 2.45. The molecule has 1 saturated heterocycles. The fraction of sp³-hybridized carbons (Fsp3) is 0.533. The van der Waals surface area contributed by atoms with Gasteiger partial charge in [0.1, 0.15) is 5.75 Å². The Balaban J connectivity index is 2.18. The zero-order chi connectivity index (χ0) is 15.4. The molecule has 2 rings (SSSR count). The number of benzene rings is 1. The fourth-order valence-electron chi connectivity index (χ4n) is 2.83. The van der Waals surface area contributed by atoms with Gasteiger partial charge in [-0.1, -0.05) is 13.0 Å². The molecule has 2 unspecified atom stereocenters. The Morgan fingerprint density at radius 1 is 1.52 bits per heavy atom. The summed E-state index contributed by atoms with van der Waals surface area (Å²) in [5, 5.41) is 0. The summed E-state index contributed by atoms with van der Waals surface area (Å²) in [4.78, 5) is 14.3.